The molecule has 130 valence electrons. The predicted molar refractivity (Wildman–Crippen MR) is 76.8 cm³/mol. The third kappa shape index (κ3) is 3.23. The standard InChI is InChI=1S/C13H14ClF3N6O/c1-8(5-22-6-9(14)4-18-22)11(24)21-2-3-23-10(7-21)19-20-12(23)13(15,16)17/h4,6,8H,2-3,5,7H2,1H3. The number of alkyl halides is 3. The van der Waals surface area contributed by atoms with E-state index in [0.29, 0.717) is 11.6 Å². The number of hydrogen-bond acceptors (Lipinski definition) is 4. The Morgan fingerprint density at radius 3 is 2.75 bits per heavy atom. The number of halogens is 4. The molecule has 1 aliphatic rings. The molecule has 0 fully saturated rings. The molecule has 0 radical (unpaired) electrons. The summed E-state index contributed by atoms with van der Waals surface area (Å²) in [6.45, 7) is 2.27. The van der Waals surface area contributed by atoms with Crippen molar-refractivity contribution in [3.8, 4) is 0 Å². The van der Waals surface area contributed by atoms with E-state index in [-0.39, 0.29) is 31.4 Å². The summed E-state index contributed by atoms with van der Waals surface area (Å²) >= 11 is 5.78. The molecule has 0 saturated carbocycles. The molecule has 0 N–H and O–H groups in total. The van der Waals surface area contributed by atoms with Crippen LogP contribution >= 0.6 is 11.6 Å². The molecular formula is C13H14ClF3N6O. The van der Waals surface area contributed by atoms with Crippen molar-refractivity contribution in [2.75, 3.05) is 6.54 Å². The molecule has 2 aromatic rings. The Bertz CT molecular complexity index is 755. The fourth-order valence-corrected chi connectivity index (χ4v) is 2.82. The highest BCUT2D eigenvalue weighted by atomic mass is 35.5. The van der Waals surface area contributed by atoms with Crippen molar-refractivity contribution in [3.05, 3.63) is 29.1 Å². The van der Waals surface area contributed by atoms with E-state index < -0.39 is 17.9 Å². The summed E-state index contributed by atoms with van der Waals surface area (Å²) in [5, 5.41) is 11.3. The van der Waals surface area contributed by atoms with E-state index in [0.717, 1.165) is 4.57 Å². The maximum absolute atomic E-state index is 12.8. The predicted octanol–water partition coefficient (Wildman–Crippen LogP) is 1.83. The van der Waals surface area contributed by atoms with Gasteiger partial charge in [0.2, 0.25) is 11.7 Å². The van der Waals surface area contributed by atoms with Crippen LogP contribution in [-0.4, -0.2) is 41.9 Å². The molecule has 3 rings (SSSR count). The molecule has 0 aromatic carbocycles. The number of hydrogen-bond donors (Lipinski definition) is 0. The molecule has 0 spiro atoms. The van der Waals surface area contributed by atoms with Crippen LogP contribution in [0.2, 0.25) is 5.02 Å². The van der Waals surface area contributed by atoms with Gasteiger partial charge < -0.3 is 9.47 Å². The first-order valence-corrected chi connectivity index (χ1v) is 7.59. The number of carbonyl (C=O) groups is 1. The summed E-state index contributed by atoms with van der Waals surface area (Å²) in [5.41, 5.74) is 0. The highest BCUT2D eigenvalue weighted by Crippen LogP contribution is 2.29. The first-order valence-electron chi connectivity index (χ1n) is 7.21. The molecule has 1 atom stereocenters. The van der Waals surface area contributed by atoms with Crippen molar-refractivity contribution < 1.29 is 18.0 Å². The number of aromatic nitrogens is 5. The van der Waals surface area contributed by atoms with Gasteiger partial charge in [-0.25, -0.2) is 0 Å². The maximum Gasteiger partial charge on any atom is 0.451 e. The van der Waals surface area contributed by atoms with Crippen LogP contribution in [-0.2, 0) is 30.6 Å². The molecular weight excluding hydrogens is 349 g/mol. The number of nitrogens with zero attached hydrogens (tertiary/aromatic N) is 6. The van der Waals surface area contributed by atoms with Crippen molar-refractivity contribution >= 4 is 17.5 Å². The van der Waals surface area contributed by atoms with E-state index in [1.54, 1.807) is 17.8 Å². The molecule has 1 aliphatic heterocycles. The van der Waals surface area contributed by atoms with Gasteiger partial charge in [-0.15, -0.1) is 10.2 Å². The van der Waals surface area contributed by atoms with Gasteiger partial charge >= 0.3 is 6.18 Å². The minimum atomic E-state index is -4.55. The molecule has 0 bridgehead atoms. The average Bonchev–Trinajstić information content (AvgIpc) is 3.11. The average molecular weight is 363 g/mol. The van der Waals surface area contributed by atoms with Crippen LogP contribution in [0.3, 0.4) is 0 Å². The molecule has 1 unspecified atom stereocenters. The van der Waals surface area contributed by atoms with Gasteiger partial charge in [0, 0.05) is 19.3 Å². The van der Waals surface area contributed by atoms with Crippen LogP contribution in [0, 0.1) is 5.92 Å². The van der Waals surface area contributed by atoms with Crippen LogP contribution < -0.4 is 0 Å². The van der Waals surface area contributed by atoms with E-state index in [4.69, 9.17) is 11.6 Å². The van der Waals surface area contributed by atoms with Crippen LogP contribution in [0.25, 0.3) is 0 Å². The lowest BCUT2D eigenvalue weighted by atomic mass is 10.1. The fraction of sp³-hybridized carbons (Fsp3) is 0.538. The number of amides is 1. The lowest BCUT2D eigenvalue weighted by Gasteiger charge is -2.30. The van der Waals surface area contributed by atoms with Gasteiger partial charge in [-0.05, 0) is 0 Å². The molecule has 1 amide bonds. The monoisotopic (exact) mass is 362 g/mol. The second kappa shape index (κ2) is 6.08. The zero-order chi connectivity index (χ0) is 17.5. The Hall–Kier alpha value is -2.10. The summed E-state index contributed by atoms with van der Waals surface area (Å²) in [5.74, 6) is -1.46. The quantitative estimate of drug-likeness (QED) is 0.835. The van der Waals surface area contributed by atoms with Crippen LogP contribution in [0.4, 0.5) is 13.2 Å². The Morgan fingerprint density at radius 1 is 1.38 bits per heavy atom. The molecule has 7 nitrogen and oxygen atoms in total. The Morgan fingerprint density at radius 2 is 2.12 bits per heavy atom. The number of fused-ring (bicyclic) bond motifs is 1. The third-order valence-electron chi connectivity index (χ3n) is 3.80. The molecule has 24 heavy (non-hydrogen) atoms. The third-order valence-corrected chi connectivity index (χ3v) is 4.00. The van der Waals surface area contributed by atoms with Crippen molar-refractivity contribution in [1.82, 2.24) is 29.4 Å². The van der Waals surface area contributed by atoms with Gasteiger partial charge in [-0.1, -0.05) is 18.5 Å². The summed E-state index contributed by atoms with van der Waals surface area (Å²) in [7, 11) is 0. The van der Waals surface area contributed by atoms with Crippen LogP contribution in [0.1, 0.15) is 18.6 Å². The van der Waals surface area contributed by atoms with Crippen molar-refractivity contribution in [2.45, 2.75) is 32.7 Å². The van der Waals surface area contributed by atoms with Gasteiger partial charge in [0.05, 0.1) is 30.2 Å². The van der Waals surface area contributed by atoms with E-state index in [1.165, 1.54) is 11.1 Å². The molecule has 2 aromatic heterocycles. The van der Waals surface area contributed by atoms with E-state index >= 15 is 0 Å². The van der Waals surface area contributed by atoms with Gasteiger partial charge in [-0.3, -0.25) is 9.48 Å². The molecule has 0 saturated heterocycles. The largest absolute Gasteiger partial charge is 0.451 e. The summed E-state index contributed by atoms with van der Waals surface area (Å²) in [6, 6.07) is 0. The highest BCUT2D eigenvalue weighted by molar-refractivity contribution is 6.30. The molecule has 3 heterocycles. The number of rotatable bonds is 3. The minimum absolute atomic E-state index is 0.00607. The van der Waals surface area contributed by atoms with Crippen molar-refractivity contribution in [3.63, 3.8) is 0 Å². The Kier molecular flexibility index (Phi) is 4.24. The van der Waals surface area contributed by atoms with Gasteiger partial charge in [0.25, 0.3) is 0 Å². The Labute approximate surface area is 140 Å². The highest BCUT2D eigenvalue weighted by Gasteiger charge is 2.40. The summed E-state index contributed by atoms with van der Waals surface area (Å²) in [6.07, 6.45) is -1.47. The second-order valence-electron chi connectivity index (χ2n) is 5.63. The van der Waals surface area contributed by atoms with Crippen molar-refractivity contribution in [2.24, 2.45) is 5.92 Å². The molecule has 0 aliphatic carbocycles. The molecule has 11 heteroatoms. The fourth-order valence-electron chi connectivity index (χ4n) is 2.66. The first kappa shape index (κ1) is 16.7. The Balaban J connectivity index is 1.68. The normalized spacial score (nSPS) is 16.1. The lowest BCUT2D eigenvalue weighted by molar-refractivity contribution is -0.148. The maximum atomic E-state index is 12.8. The van der Waals surface area contributed by atoms with Gasteiger partial charge in [-0.2, -0.15) is 18.3 Å². The van der Waals surface area contributed by atoms with Gasteiger partial charge in [0.1, 0.15) is 0 Å². The number of carbonyl (C=O) groups excluding carboxylic acids is 1. The zero-order valence-electron chi connectivity index (χ0n) is 12.7. The van der Waals surface area contributed by atoms with E-state index in [2.05, 4.69) is 15.3 Å². The second-order valence-corrected chi connectivity index (χ2v) is 6.07. The van der Waals surface area contributed by atoms with Gasteiger partial charge in [0.15, 0.2) is 5.82 Å². The van der Waals surface area contributed by atoms with Crippen LogP contribution in [0.5, 0.6) is 0 Å². The van der Waals surface area contributed by atoms with E-state index in [9.17, 15) is 18.0 Å². The summed E-state index contributed by atoms with van der Waals surface area (Å²) in [4.78, 5) is 14.0. The SMILES string of the molecule is CC(Cn1cc(Cl)cn1)C(=O)N1CCn2c(nnc2C(F)(F)F)C1. The first-order chi connectivity index (χ1) is 11.3. The van der Waals surface area contributed by atoms with E-state index in [1.807, 2.05) is 0 Å². The minimum Gasteiger partial charge on any atom is -0.333 e. The van der Waals surface area contributed by atoms with Crippen LogP contribution in [0.15, 0.2) is 12.4 Å². The zero-order valence-corrected chi connectivity index (χ0v) is 13.4. The lowest BCUT2D eigenvalue weighted by Crippen LogP contribution is -2.42. The van der Waals surface area contributed by atoms with Crippen molar-refractivity contribution in [1.29, 1.82) is 0 Å². The summed E-state index contributed by atoms with van der Waals surface area (Å²) < 4.78 is 41.0. The smallest absolute Gasteiger partial charge is 0.333 e. The topological polar surface area (TPSA) is 68.8 Å².